The van der Waals surface area contributed by atoms with Gasteiger partial charge in [-0.15, -0.1) is 0 Å². The van der Waals surface area contributed by atoms with Gasteiger partial charge in [-0.3, -0.25) is 4.68 Å². The van der Waals surface area contributed by atoms with E-state index in [1.807, 2.05) is 4.68 Å². The Labute approximate surface area is 116 Å². The summed E-state index contributed by atoms with van der Waals surface area (Å²) in [5.74, 6) is 0.810. The largest absolute Gasteiger partial charge is 0.493 e. The van der Waals surface area contributed by atoms with Crippen LogP contribution in [0.15, 0.2) is 6.20 Å². The summed E-state index contributed by atoms with van der Waals surface area (Å²) in [5, 5.41) is 7.91. The summed E-state index contributed by atoms with van der Waals surface area (Å²) in [7, 11) is 3.41. The first kappa shape index (κ1) is 16.0. The van der Waals surface area contributed by atoms with Crippen molar-refractivity contribution >= 4 is 0 Å². The number of methoxy groups -OCH3 is 2. The highest BCUT2D eigenvalue weighted by Gasteiger charge is 2.35. The molecule has 1 aromatic heterocycles. The summed E-state index contributed by atoms with van der Waals surface area (Å²) in [4.78, 5) is 0. The molecule has 0 bridgehead atoms. The van der Waals surface area contributed by atoms with Gasteiger partial charge in [0, 0.05) is 13.7 Å². The Morgan fingerprint density at radius 3 is 2.53 bits per heavy atom. The van der Waals surface area contributed by atoms with Crippen LogP contribution in [-0.2, 0) is 11.3 Å². The van der Waals surface area contributed by atoms with Crippen LogP contribution in [0, 0.1) is 0 Å². The first-order valence-corrected chi connectivity index (χ1v) is 6.90. The van der Waals surface area contributed by atoms with E-state index < -0.39 is 0 Å². The lowest BCUT2D eigenvalue weighted by Gasteiger charge is -2.34. The van der Waals surface area contributed by atoms with Crippen molar-refractivity contribution in [2.45, 2.75) is 52.3 Å². The Hall–Kier alpha value is -1.07. The fourth-order valence-corrected chi connectivity index (χ4v) is 2.21. The zero-order chi connectivity index (χ0) is 14.5. The number of nitrogens with one attached hydrogen (secondary N) is 1. The molecule has 0 aromatic carbocycles. The highest BCUT2D eigenvalue weighted by molar-refractivity contribution is 5.30. The predicted molar refractivity (Wildman–Crippen MR) is 76.6 cm³/mol. The van der Waals surface area contributed by atoms with Gasteiger partial charge < -0.3 is 14.8 Å². The molecule has 1 N–H and O–H groups in total. The van der Waals surface area contributed by atoms with Gasteiger partial charge in [0.25, 0.3) is 0 Å². The zero-order valence-electron chi connectivity index (χ0n) is 13.0. The minimum atomic E-state index is -0.338. The van der Waals surface area contributed by atoms with Gasteiger partial charge in [-0.1, -0.05) is 13.8 Å². The summed E-state index contributed by atoms with van der Waals surface area (Å²) in [6, 6.07) is 0.0338. The molecular weight excluding hydrogens is 242 g/mol. The first-order valence-electron chi connectivity index (χ1n) is 6.90. The number of rotatable bonds is 8. The maximum atomic E-state index is 5.65. The quantitative estimate of drug-likeness (QED) is 0.787. The van der Waals surface area contributed by atoms with E-state index in [-0.39, 0.29) is 11.6 Å². The van der Waals surface area contributed by atoms with E-state index in [1.54, 1.807) is 20.4 Å². The summed E-state index contributed by atoms with van der Waals surface area (Å²) in [6.45, 7) is 10.1. The van der Waals surface area contributed by atoms with Crippen LogP contribution in [-0.4, -0.2) is 36.1 Å². The number of aryl methyl sites for hydroxylation is 1. The van der Waals surface area contributed by atoms with Gasteiger partial charge in [-0.2, -0.15) is 5.10 Å². The van der Waals surface area contributed by atoms with Crippen molar-refractivity contribution in [3.63, 3.8) is 0 Å². The standard InChI is InChI=1S/C14H27N3O2/c1-7-9-17-12(11(18-5)10-16-17)13(15-8-2)14(3,4)19-6/h10,13,15H,7-9H2,1-6H3. The second-order valence-corrected chi connectivity index (χ2v) is 5.12. The van der Waals surface area contributed by atoms with Crippen molar-refractivity contribution < 1.29 is 9.47 Å². The molecule has 0 aliphatic carbocycles. The molecule has 110 valence electrons. The van der Waals surface area contributed by atoms with E-state index in [9.17, 15) is 0 Å². The van der Waals surface area contributed by atoms with Crippen LogP contribution in [0.5, 0.6) is 5.75 Å². The van der Waals surface area contributed by atoms with Crippen LogP contribution >= 0.6 is 0 Å². The van der Waals surface area contributed by atoms with Crippen LogP contribution < -0.4 is 10.1 Å². The normalized spacial score (nSPS) is 13.6. The number of aromatic nitrogens is 2. The molecule has 0 spiro atoms. The molecule has 1 atom stereocenters. The van der Waals surface area contributed by atoms with Gasteiger partial charge in [0.2, 0.25) is 0 Å². The molecular formula is C14H27N3O2. The fourth-order valence-electron chi connectivity index (χ4n) is 2.21. The molecule has 0 aliphatic heterocycles. The molecule has 19 heavy (non-hydrogen) atoms. The predicted octanol–water partition coefficient (Wildman–Crippen LogP) is 2.38. The van der Waals surface area contributed by atoms with Gasteiger partial charge >= 0.3 is 0 Å². The summed E-state index contributed by atoms with van der Waals surface area (Å²) in [6.07, 6.45) is 2.81. The van der Waals surface area contributed by atoms with E-state index in [4.69, 9.17) is 9.47 Å². The molecule has 0 radical (unpaired) electrons. The first-order chi connectivity index (χ1) is 9.01. The average Bonchev–Trinajstić information content (AvgIpc) is 2.79. The second-order valence-electron chi connectivity index (χ2n) is 5.12. The Morgan fingerprint density at radius 2 is 2.05 bits per heavy atom. The van der Waals surface area contributed by atoms with Crippen LogP contribution in [0.25, 0.3) is 0 Å². The lowest BCUT2D eigenvalue weighted by Crippen LogP contribution is -2.42. The minimum Gasteiger partial charge on any atom is -0.493 e. The van der Waals surface area contributed by atoms with Crippen LogP contribution in [0.2, 0.25) is 0 Å². The molecule has 0 saturated heterocycles. The third-order valence-corrected chi connectivity index (χ3v) is 3.40. The SMILES string of the molecule is CCCn1ncc(OC)c1C(NCC)C(C)(C)OC. The Bertz CT molecular complexity index is 388. The maximum absolute atomic E-state index is 5.65. The zero-order valence-corrected chi connectivity index (χ0v) is 13.0. The van der Waals surface area contributed by atoms with E-state index in [2.05, 4.69) is 38.1 Å². The van der Waals surface area contributed by atoms with E-state index in [0.717, 1.165) is 31.0 Å². The fraction of sp³-hybridized carbons (Fsp3) is 0.786. The van der Waals surface area contributed by atoms with Crippen molar-refractivity contribution in [1.82, 2.24) is 15.1 Å². The number of ether oxygens (including phenoxy) is 2. The summed E-state index contributed by atoms with van der Waals surface area (Å²) >= 11 is 0. The summed E-state index contributed by atoms with van der Waals surface area (Å²) in [5.41, 5.74) is 0.715. The van der Waals surface area contributed by atoms with Crippen molar-refractivity contribution in [3.05, 3.63) is 11.9 Å². The molecule has 1 unspecified atom stereocenters. The maximum Gasteiger partial charge on any atom is 0.161 e. The molecule has 0 saturated carbocycles. The van der Waals surface area contributed by atoms with Gasteiger partial charge in [0.15, 0.2) is 5.75 Å². The van der Waals surface area contributed by atoms with Crippen LogP contribution in [0.3, 0.4) is 0 Å². The van der Waals surface area contributed by atoms with E-state index >= 15 is 0 Å². The highest BCUT2D eigenvalue weighted by atomic mass is 16.5. The smallest absolute Gasteiger partial charge is 0.161 e. The second kappa shape index (κ2) is 6.91. The van der Waals surface area contributed by atoms with Gasteiger partial charge in [0.05, 0.1) is 24.9 Å². The number of likely N-dealkylation sites (N-methyl/N-ethyl adjacent to an activating group) is 1. The molecule has 5 nitrogen and oxygen atoms in total. The van der Waals surface area contributed by atoms with Gasteiger partial charge in [-0.25, -0.2) is 0 Å². The monoisotopic (exact) mass is 269 g/mol. The molecule has 0 aliphatic rings. The van der Waals surface area contributed by atoms with Crippen molar-refractivity contribution in [2.75, 3.05) is 20.8 Å². The Kier molecular flexibility index (Phi) is 5.82. The van der Waals surface area contributed by atoms with Gasteiger partial charge in [-0.05, 0) is 26.8 Å². The van der Waals surface area contributed by atoms with Crippen LogP contribution in [0.1, 0.15) is 45.9 Å². The Balaban J connectivity index is 3.23. The molecule has 1 aromatic rings. The lowest BCUT2D eigenvalue weighted by molar-refractivity contribution is -0.0137. The highest BCUT2D eigenvalue weighted by Crippen LogP contribution is 2.34. The number of hydrogen-bond donors (Lipinski definition) is 1. The third kappa shape index (κ3) is 3.48. The molecule has 1 heterocycles. The van der Waals surface area contributed by atoms with Crippen molar-refractivity contribution in [3.8, 4) is 5.75 Å². The Morgan fingerprint density at radius 1 is 1.37 bits per heavy atom. The van der Waals surface area contributed by atoms with E-state index in [0.29, 0.717) is 0 Å². The van der Waals surface area contributed by atoms with E-state index in [1.165, 1.54) is 0 Å². The van der Waals surface area contributed by atoms with Crippen molar-refractivity contribution in [1.29, 1.82) is 0 Å². The molecule has 0 fully saturated rings. The number of hydrogen-bond acceptors (Lipinski definition) is 4. The van der Waals surface area contributed by atoms with Crippen molar-refractivity contribution in [2.24, 2.45) is 0 Å². The molecule has 5 heteroatoms. The van der Waals surface area contributed by atoms with Crippen LogP contribution in [0.4, 0.5) is 0 Å². The third-order valence-electron chi connectivity index (χ3n) is 3.40. The molecule has 0 amide bonds. The number of nitrogens with zero attached hydrogens (tertiary/aromatic N) is 2. The summed E-state index contributed by atoms with van der Waals surface area (Å²) < 4.78 is 13.1. The lowest BCUT2D eigenvalue weighted by atomic mass is 9.94. The molecule has 1 rings (SSSR count). The minimum absolute atomic E-state index is 0.0338. The van der Waals surface area contributed by atoms with Gasteiger partial charge in [0.1, 0.15) is 5.69 Å². The topological polar surface area (TPSA) is 48.3 Å². The average molecular weight is 269 g/mol.